The molecule has 3 aromatic carbocycles. The average Bonchev–Trinajstić information content (AvgIpc) is 2.82. The Morgan fingerprint density at radius 2 is 1.45 bits per heavy atom. The summed E-state index contributed by atoms with van der Waals surface area (Å²) in [5.74, 6) is 1.38. The zero-order chi connectivity index (χ0) is 21.5. The van der Waals surface area contributed by atoms with Crippen molar-refractivity contribution >= 4 is 5.91 Å². The number of carbonyl (C=O) groups is 1. The lowest BCUT2D eigenvalue weighted by Gasteiger charge is -2.38. The number of carbonyl (C=O) groups excluding carboxylic acids is 1. The summed E-state index contributed by atoms with van der Waals surface area (Å²) in [5, 5.41) is 3.20. The first-order valence-corrected chi connectivity index (χ1v) is 10.7. The highest BCUT2D eigenvalue weighted by Gasteiger charge is 2.28. The van der Waals surface area contributed by atoms with Gasteiger partial charge in [-0.2, -0.15) is 0 Å². The normalized spacial score (nSPS) is 16.3. The van der Waals surface area contributed by atoms with E-state index >= 15 is 0 Å². The maximum absolute atomic E-state index is 12.9. The predicted molar refractivity (Wildman–Crippen MR) is 121 cm³/mol. The van der Waals surface area contributed by atoms with Crippen LogP contribution in [-0.4, -0.2) is 43.2 Å². The molecule has 5 heteroatoms. The van der Waals surface area contributed by atoms with Crippen molar-refractivity contribution in [3.05, 3.63) is 96.1 Å². The van der Waals surface area contributed by atoms with Crippen LogP contribution in [0.25, 0.3) is 0 Å². The van der Waals surface area contributed by atoms with Crippen LogP contribution in [0.5, 0.6) is 11.5 Å². The van der Waals surface area contributed by atoms with Crippen molar-refractivity contribution in [3.8, 4) is 11.5 Å². The van der Waals surface area contributed by atoms with Crippen LogP contribution < -0.4 is 10.1 Å². The molecule has 4 rings (SSSR count). The monoisotopic (exact) mass is 416 g/mol. The van der Waals surface area contributed by atoms with Crippen LogP contribution in [0.4, 0.5) is 0 Å². The zero-order valence-corrected chi connectivity index (χ0v) is 17.7. The van der Waals surface area contributed by atoms with Gasteiger partial charge in [0, 0.05) is 24.7 Å². The Bertz CT molecular complexity index is 955. The van der Waals surface area contributed by atoms with E-state index in [1.165, 1.54) is 5.56 Å². The topological polar surface area (TPSA) is 50.8 Å². The molecule has 1 aliphatic heterocycles. The summed E-state index contributed by atoms with van der Waals surface area (Å²) in [5.41, 5.74) is 1.81. The Morgan fingerprint density at radius 3 is 2.10 bits per heavy atom. The summed E-state index contributed by atoms with van der Waals surface area (Å²) in [4.78, 5) is 15.3. The molecule has 1 amide bonds. The number of nitrogens with one attached hydrogen (secondary N) is 1. The molecule has 0 aromatic heterocycles. The van der Waals surface area contributed by atoms with Crippen molar-refractivity contribution < 1.29 is 14.3 Å². The number of amides is 1. The number of morpholine rings is 1. The molecule has 1 N–H and O–H groups in total. The van der Waals surface area contributed by atoms with Crippen molar-refractivity contribution in [2.75, 3.05) is 26.3 Å². The van der Waals surface area contributed by atoms with Gasteiger partial charge in [-0.15, -0.1) is 0 Å². The highest BCUT2D eigenvalue weighted by Crippen LogP contribution is 2.26. The average molecular weight is 417 g/mol. The fraction of sp³-hybridized carbons (Fsp3) is 0.269. The second-order valence-corrected chi connectivity index (χ2v) is 7.71. The van der Waals surface area contributed by atoms with Gasteiger partial charge in [0.1, 0.15) is 11.5 Å². The van der Waals surface area contributed by atoms with Crippen molar-refractivity contribution in [1.29, 1.82) is 0 Å². The molecule has 1 saturated heterocycles. The van der Waals surface area contributed by atoms with Gasteiger partial charge in [0.15, 0.2) is 0 Å². The van der Waals surface area contributed by atoms with E-state index in [0.717, 1.165) is 18.8 Å². The largest absolute Gasteiger partial charge is 0.457 e. The van der Waals surface area contributed by atoms with Gasteiger partial charge < -0.3 is 14.8 Å². The minimum Gasteiger partial charge on any atom is -0.457 e. The number of rotatable bonds is 7. The number of ether oxygens (including phenoxy) is 2. The molecule has 0 aliphatic carbocycles. The number of hydrogen-bond donors (Lipinski definition) is 1. The van der Waals surface area contributed by atoms with Crippen molar-refractivity contribution in [3.63, 3.8) is 0 Å². The summed E-state index contributed by atoms with van der Waals surface area (Å²) in [6.07, 6.45) is 0. The quantitative estimate of drug-likeness (QED) is 0.608. The van der Waals surface area contributed by atoms with E-state index in [2.05, 4.69) is 29.3 Å². The van der Waals surface area contributed by atoms with Crippen LogP contribution >= 0.6 is 0 Å². The van der Waals surface area contributed by atoms with Crippen LogP contribution in [0.3, 0.4) is 0 Å². The van der Waals surface area contributed by atoms with Gasteiger partial charge in [-0.05, 0) is 48.9 Å². The smallest absolute Gasteiger partial charge is 0.251 e. The Balaban J connectivity index is 1.44. The van der Waals surface area contributed by atoms with Gasteiger partial charge in [-0.3, -0.25) is 9.69 Å². The fourth-order valence-electron chi connectivity index (χ4n) is 3.99. The van der Waals surface area contributed by atoms with E-state index in [0.29, 0.717) is 24.5 Å². The molecule has 0 saturated carbocycles. The first kappa shape index (κ1) is 21.1. The van der Waals surface area contributed by atoms with Crippen LogP contribution in [-0.2, 0) is 4.74 Å². The lowest BCUT2D eigenvalue weighted by atomic mass is 9.97. The molecular weight excluding hydrogens is 388 g/mol. The van der Waals surface area contributed by atoms with Gasteiger partial charge in [0.05, 0.1) is 19.3 Å². The van der Waals surface area contributed by atoms with Gasteiger partial charge in [-0.1, -0.05) is 48.5 Å². The van der Waals surface area contributed by atoms with Crippen molar-refractivity contribution in [2.45, 2.75) is 19.0 Å². The standard InChI is InChI=1S/C26H28N2O3/c1-20(25(21-8-4-2-5-9-21)28-16-18-30-19-17-28)27-26(29)22-12-14-24(15-13-22)31-23-10-6-3-7-11-23/h2-15,20,25H,16-19H2,1H3,(H,27,29)/t20-,25-/m0/s1. The van der Waals surface area contributed by atoms with Gasteiger partial charge >= 0.3 is 0 Å². The first-order valence-electron chi connectivity index (χ1n) is 10.7. The summed E-state index contributed by atoms with van der Waals surface area (Å²) >= 11 is 0. The molecule has 31 heavy (non-hydrogen) atoms. The summed E-state index contributed by atoms with van der Waals surface area (Å²) in [7, 11) is 0. The van der Waals surface area contributed by atoms with E-state index in [1.54, 1.807) is 12.1 Å². The fourth-order valence-corrected chi connectivity index (χ4v) is 3.99. The third-order valence-electron chi connectivity index (χ3n) is 5.51. The highest BCUT2D eigenvalue weighted by atomic mass is 16.5. The molecule has 0 bridgehead atoms. The Kier molecular flexibility index (Phi) is 6.97. The van der Waals surface area contributed by atoms with E-state index in [9.17, 15) is 4.79 Å². The number of para-hydroxylation sites is 1. The minimum absolute atomic E-state index is 0.0618. The molecule has 160 valence electrons. The Morgan fingerprint density at radius 1 is 0.871 bits per heavy atom. The summed E-state index contributed by atoms with van der Waals surface area (Å²) < 4.78 is 11.3. The SMILES string of the molecule is C[C@H](NC(=O)c1ccc(Oc2ccccc2)cc1)[C@@H](c1ccccc1)N1CCOCC1. The molecular formula is C26H28N2O3. The molecule has 0 unspecified atom stereocenters. The summed E-state index contributed by atoms with van der Waals surface area (Å²) in [6.45, 7) is 5.20. The van der Waals surface area contributed by atoms with Gasteiger partial charge in [0.2, 0.25) is 0 Å². The molecule has 3 aromatic rings. The molecule has 1 aliphatic rings. The lowest BCUT2D eigenvalue weighted by molar-refractivity contribution is 0.00888. The van der Waals surface area contributed by atoms with E-state index < -0.39 is 0 Å². The minimum atomic E-state index is -0.0899. The molecule has 0 radical (unpaired) electrons. The molecule has 5 nitrogen and oxygen atoms in total. The summed E-state index contributed by atoms with van der Waals surface area (Å²) in [6, 6.07) is 27.2. The molecule has 2 atom stereocenters. The predicted octanol–water partition coefficient (Wildman–Crippen LogP) is 4.67. The van der Waals surface area contributed by atoms with Crippen molar-refractivity contribution in [1.82, 2.24) is 10.2 Å². The third-order valence-corrected chi connectivity index (χ3v) is 5.51. The van der Waals surface area contributed by atoms with E-state index in [1.807, 2.05) is 60.7 Å². The van der Waals surface area contributed by atoms with E-state index in [-0.39, 0.29) is 18.0 Å². The van der Waals surface area contributed by atoms with Crippen molar-refractivity contribution in [2.24, 2.45) is 0 Å². The van der Waals surface area contributed by atoms with Gasteiger partial charge in [-0.25, -0.2) is 0 Å². The van der Waals surface area contributed by atoms with Crippen LogP contribution in [0, 0.1) is 0 Å². The molecule has 0 spiro atoms. The number of hydrogen-bond acceptors (Lipinski definition) is 4. The lowest BCUT2D eigenvalue weighted by Crippen LogP contribution is -2.48. The molecule has 1 fully saturated rings. The van der Waals surface area contributed by atoms with Crippen LogP contribution in [0.2, 0.25) is 0 Å². The number of benzene rings is 3. The first-order chi connectivity index (χ1) is 15.2. The Hall–Kier alpha value is -3.15. The maximum Gasteiger partial charge on any atom is 0.251 e. The second kappa shape index (κ2) is 10.2. The second-order valence-electron chi connectivity index (χ2n) is 7.71. The molecule has 1 heterocycles. The maximum atomic E-state index is 12.9. The number of nitrogens with zero attached hydrogens (tertiary/aromatic N) is 1. The zero-order valence-electron chi connectivity index (χ0n) is 17.7. The third kappa shape index (κ3) is 5.51. The van der Waals surface area contributed by atoms with Crippen LogP contribution in [0.15, 0.2) is 84.9 Å². The Labute approximate surface area is 183 Å². The van der Waals surface area contributed by atoms with Gasteiger partial charge in [0.25, 0.3) is 5.91 Å². The highest BCUT2D eigenvalue weighted by molar-refractivity contribution is 5.94. The van der Waals surface area contributed by atoms with E-state index in [4.69, 9.17) is 9.47 Å². The van der Waals surface area contributed by atoms with Crippen LogP contribution in [0.1, 0.15) is 28.9 Å².